The second kappa shape index (κ2) is 12.5. The van der Waals surface area contributed by atoms with Gasteiger partial charge in [0.05, 0.1) is 12.8 Å². The zero-order valence-corrected chi connectivity index (χ0v) is 24.3. The van der Waals surface area contributed by atoms with Crippen molar-refractivity contribution >= 4 is 0 Å². The lowest BCUT2D eigenvalue weighted by molar-refractivity contribution is 0.0828. The maximum atomic E-state index is 10.1. The van der Waals surface area contributed by atoms with E-state index in [-0.39, 0.29) is 12.6 Å². The van der Waals surface area contributed by atoms with Crippen molar-refractivity contribution in [2.24, 2.45) is 7.05 Å². The van der Waals surface area contributed by atoms with Crippen LogP contribution in [0.4, 0.5) is 0 Å². The third-order valence-corrected chi connectivity index (χ3v) is 8.83. The fourth-order valence-electron chi connectivity index (χ4n) is 6.53. The van der Waals surface area contributed by atoms with Crippen molar-refractivity contribution in [3.05, 3.63) is 100 Å². The molecule has 1 unspecified atom stereocenters. The van der Waals surface area contributed by atoms with E-state index in [2.05, 4.69) is 71.5 Å². The highest BCUT2D eigenvalue weighted by atomic mass is 16.5. The summed E-state index contributed by atoms with van der Waals surface area (Å²) >= 11 is 0. The predicted molar refractivity (Wildman–Crippen MR) is 162 cm³/mol. The Labute approximate surface area is 243 Å². The molecule has 6 rings (SSSR count). The standard InChI is InChI=1S/C35H41N3O3/c1-25-28(12-8-14-30(25)27-10-4-3-5-11-27)24-41-34-18-35(40-23-26-19-36-37(2)20-26)33(31-15-9-16-32(31)34)21-38-17-7-6-13-29(38)22-39/h3-5,8,10-12,14,18-20,29,39H,6-7,9,13,15-17,21-24H2,1-2H3. The number of hydrogen-bond acceptors (Lipinski definition) is 5. The molecule has 1 aliphatic carbocycles. The summed E-state index contributed by atoms with van der Waals surface area (Å²) in [6.07, 6.45) is 10.4. The summed E-state index contributed by atoms with van der Waals surface area (Å²) < 4.78 is 15.0. The van der Waals surface area contributed by atoms with Gasteiger partial charge in [-0.3, -0.25) is 9.58 Å². The van der Waals surface area contributed by atoms with Crippen LogP contribution in [0, 0.1) is 6.92 Å². The molecule has 2 heterocycles. The Morgan fingerprint density at radius 3 is 2.56 bits per heavy atom. The van der Waals surface area contributed by atoms with E-state index in [1.165, 1.54) is 51.8 Å². The van der Waals surface area contributed by atoms with Gasteiger partial charge in [0.1, 0.15) is 24.7 Å². The second-order valence-electron chi connectivity index (χ2n) is 11.5. The van der Waals surface area contributed by atoms with Crippen LogP contribution in [0.1, 0.15) is 59.1 Å². The molecular weight excluding hydrogens is 510 g/mol. The van der Waals surface area contributed by atoms with Crippen LogP contribution < -0.4 is 9.47 Å². The fourth-order valence-corrected chi connectivity index (χ4v) is 6.53. The summed E-state index contributed by atoms with van der Waals surface area (Å²) in [6.45, 7) is 5.18. The van der Waals surface area contributed by atoms with E-state index >= 15 is 0 Å². The molecule has 1 atom stereocenters. The highest BCUT2D eigenvalue weighted by molar-refractivity contribution is 5.68. The van der Waals surface area contributed by atoms with E-state index in [1.54, 1.807) is 0 Å². The Morgan fingerprint density at radius 1 is 0.927 bits per heavy atom. The molecule has 1 saturated heterocycles. The van der Waals surface area contributed by atoms with Crippen LogP contribution in [-0.4, -0.2) is 39.0 Å². The molecule has 2 aliphatic rings. The van der Waals surface area contributed by atoms with Gasteiger partial charge >= 0.3 is 0 Å². The summed E-state index contributed by atoms with van der Waals surface area (Å²) in [4.78, 5) is 2.45. The third kappa shape index (κ3) is 6.04. The fraction of sp³-hybridized carbons (Fsp3) is 0.400. The van der Waals surface area contributed by atoms with Crippen LogP contribution in [-0.2, 0) is 39.6 Å². The number of aromatic nitrogens is 2. The van der Waals surface area contributed by atoms with E-state index in [0.717, 1.165) is 55.8 Å². The molecule has 4 aromatic rings. The minimum absolute atomic E-state index is 0.205. The van der Waals surface area contributed by atoms with Crippen molar-refractivity contribution < 1.29 is 14.6 Å². The lowest BCUT2D eigenvalue weighted by Gasteiger charge is -2.35. The average Bonchev–Trinajstić information content (AvgIpc) is 3.66. The number of fused-ring (bicyclic) bond motifs is 1. The van der Waals surface area contributed by atoms with Crippen molar-refractivity contribution in [1.82, 2.24) is 14.7 Å². The van der Waals surface area contributed by atoms with Gasteiger partial charge in [0.2, 0.25) is 0 Å². The van der Waals surface area contributed by atoms with Gasteiger partial charge in [-0.25, -0.2) is 0 Å². The minimum Gasteiger partial charge on any atom is -0.488 e. The van der Waals surface area contributed by atoms with Crippen molar-refractivity contribution in [1.29, 1.82) is 0 Å². The molecule has 6 nitrogen and oxygen atoms in total. The Bertz CT molecular complexity index is 1480. The Morgan fingerprint density at radius 2 is 1.76 bits per heavy atom. The van der Waals surface area contributed by atoms with E-state index in [9.17, 15) is 5.11 Å². The van der Waals surface area contributed by atoms with E-state index < -0.39 is 0 Å². The van der Waals surface area contributed by atoms with Crippen LogP contribution in [0.3, 0.4) is 0 Å². The molecule has 1 aliphatic heterocycles. The number of aryl methyl sites for hydroxylation is 1. The molecule has 0 saturated carbocycles. The zero-order valence-electron chi connectivity index (χ0n) is 24.3. The molecule has 0 spiro atoms. The summed E-state index contributed by atoms with van der Waals surface area (Å²) in [6, 6.07) is 19.4. The number of aliphatic hydroxyl groups excluding tert-OH is 1. The number of hydrogen-bond donors (Lipinski definition) is 1. The SMILES string of the molecule is Cc1c(COc2cc(OCc3cnn(C)c3)c(CN3CCCCC3CO)c3c2CCC3)cccc1-c1ccccc1. The summed E-state index contributed by atoms with van der Waals surface area (Å²) in [5.74, 6) is 1.82. The highest BCUT2D eigenvalue weighted by Gasteiger charge is 2.28. The smallest absolute Gasteiger partial charge is 0.128 e. The lowest BCUT2D eigenvalue weighted by atomic mass is 9.96. The first-order valence-corrected chi connectivity index (χ1v) is 15.0. The Kier molecular flexibility index (Phi) is 8.40. The number of piperidine rings is 1. The van der Waals surface area contributed by atoms with Gasteiger partial charge in [-0.05, 0) is 79.0 Å². The Balaban J connectivity index is 1.31. The third-order valence-electron chi connectivity index (χ3n) is 8.83. The largest absolute Gasteiger partial charge is 0.488 e. The van der Waals surface area contributed by atoms with Crippen LogP contribution in [0.25, 0.3) is 11.1 Å². The van der Waals surface area contributed by atoms with Gasteiger partial charge in [0, 0.05) is 43.0 Å². The zero-order chi connectivity index (χ0) is 28.2. The van der Waals surface area contributed by atoms with Crippen LogP contribution in [0.2, 0.25) is 0 Å². The molecule has 3 aromatic carbocycles. The molecule has 1 aromatic heterocycles. The number of aliphatic hydroxyl groups is 1. The van der Waals surface area contributed by atoms with Gasteiger partial charge in [-0.2, -0.15) is 5.10 Å². The minimum atomic E-state index is 0.205. The first kappa shape index (κ1) is 27.6. The second-order valence-corrected chi connectivity index (χ2v) is 11.5. The maximum absolute atomic E-state index is 10.1. The molecular formula is C35H41N3O3. The van der Waals surface area contributed by atoms with Gasteiger partial charge in [0.15, 0.2) is 0 Å². The van der Waals surface area contributed by atoms with Crippen LogP contribution in [0.5, 0.6) is 11.5 Å². The Hall–Kier alpha value is -3.61. The maximum Gasteiger partial charge on any atom is 0.128 e. The van der Waals surface area contributed by atoms with E-state index in [4.69, 9.17) is 9.47 Å². The average molecular weight is 552 g/mol. The molecule has 214 valence electrons. The first-order chi connectivity index (χ1) is 20.1. The number of rotatable bonds is 10. The molecule has 0 bridgehead atoms. The van der Waals surface area contributed by atoms with E-state index in [1.807, 2.05) is 24.1 Å². The van der Waals surface area contributed by atoms with E-state index in [0.29, 0.717) is 13.2 Å². The summed E-state index contributed by atoms with van der Waals surface area (Å²) in [7, 11) is 1.93. The number of nitrogens with zero attached hydrogens (tertiary/aromatic N) is 3. The predicted octanol–water partition coefficient (Wildman–Crippen LogP) is 6.39. The quantitative estimate of drug-likeness (QED) is 0.248. The normalized spacial score (nSPS) is 17.0. The number of benzene rings is 3. The van der Waals surface area contributed by atoms with Crippen molar-refractivity contribution in [2.75, 3.05) is 13.2 Å². The molecule has 1 fully saturated rings. The van der Waals surface area contributed by atoms with Gasteiger partial charge in [-0.1, -0.05) is 55.0 Å². The highest BCUT2D eigenvalue weighted by Crippen LogP contribution is 2.41. The molecule has 6 heteroatoms. The number of ether oxygens (including phenoxy) is 2. The lowest BCUT2D eigenvalue weighted by Crippen LogP contribution is -2.41. The van der Waals surface area contributed by atoms with Crippen LogP contribution >= 0.6 is 0 Å². The van der Waals surface area contributed by atoms with Gasteiger partial charge < -0.3 is 14.6 Å². The van der Waals surface area contributed by atoms with Crippen LogP contribution in [0.15, 0.2) is 67.0 Å². The first-order valence-electron chi connectivity index (χ1n) is 15.0. The molecule has 0 radical (unpaired) electrons. The summed E-state index contributed by atoms with van der Waals surface area (Å²) in [5, 5.41) is 14.4. The molecule has 1 N–H and O–H groups in total. The van der Waals surface area contributed by atoms with Gasteiger partial charge in [-0.15, -0.1) is 0 Å². The van der Waals surface area contributed by atoms with Gasteiger partial charge in [0.25, 0.3) is 0 Å². The topological polar surface area (TPSA) is 59.8 Å². The number of likely N-dealkylation sites (tertiary alicyclic amines) is 1. The molecule has 0 amide bonds. The van der Waals surface area contributed by atoms with Crippen molar-refractivity contribution in [3.63, 3.8) is 0 Å². The molecule has 41 heavy (non-hydrogen) atoms. The summed E-state index contributed by atoms with van der Waals surface area (Å²) in [5.41, 5.74) is 9.91. The van der Waals surface area contributed by atoms with Crippen molar-refractivity contribution in [3.8, 4) is 22.6 Å². The monoisotopic (exact) mass is 551 g/mol. The van der Waals surface area contributed by atoms with Crippen molar-refractivity contribution in [2.45, 2.75) is 71.2 Å².